The van der Waals surface area contributed by atoms with E-state index in [1.165, 1.54) is 11.3 Å². The Bertz CT molecular complexity index is 1000. The van der Waals surface area contributed by atoms with E-state index in [9.17, 15) is 4.79 Å². The summed E-state index contributed by atoms with van der Waals surface area (Å²) < 4.78 is 5.45. The van der Waals surface area contributed by atoms with E-state index in [4.69, 9.17) is 4.42 Å². The molecule has 3 nitrogen and oxygen atoms in total. The average molecular weight is 319 g/mol. The third-order valence-electron chi connectivity index (χ3n) is 3.70. The average Bonchev–Trinajstić information content (AvgIpc) is 3.01. The smallest absolute Gasteiger partial charge is 0.348 e. The van der Waals surface area contributed by atoms with Gasteiger partial charge < -0.3 is 4.42 Å². The summed E-state index contributed by atoms with van der Waals surface area (Å²) in [4.78, 5) is 17.7. The number of hydrogen-bond donors (Lipinski definition) is 0. The molecule has 2 heterocycles. The van der Waals surface area contributed by atoms with E-state index in [0.717, 1.165) is 21.5 Å². The molecule has 0 bridgehead atoms. The maximum Gasteiger partial charge on any atom is 0.348 e. The van der Waals surface area contributed by atoms with Gasteiger partial charge >= 0.3 is 5.63 Å². The van der Waals surface area contributed by atoms with Crippen molar-refractivity contribution in [2.75, 3.05) is 0 Å². The minimum atomic E-state index is -0.318. The van der Waals surface area contributed by atoms with E-state index in [1.54, 1.807) is 0 Å². The lowest BCUT2D eigenvalue weighted by Crippen LogP contribution is -2.05. The predicted octanol–water partition coefficient (Wildman–Crippen LogP) is 4.51. The number of hydrogen-bond acceptors (Lipinski definition) is 4. The first kappa shape index (κ1) is 13.9. The number of aromatic nitrogens is 1. The Morgan fingerprint density at radius 1 is 0.957 bits per heavy atom. The maximum atomic E-state index is 12.4. The monoisotopic (exact) mass is 319 g/mol. The summed E-state index contributed by atoms with van der Waals surface area (Å²) in [6.07, 6.45) is 0.518. The van der Waals surface area contributed by atoms with Crippen molar-refractivity contribution >= 4 is 21.6 Å². The molecule has 4 rings (SSSR count). The maximum absolute atomic E-state index is 12.4. The molecule has 0 fully saturated rings. The molecule has 23 heavy (non-hydrogen) atoms. The zero-order valence-electron chi connectivity index (χ0n) is 12.2. The van der Waals surface area contributed by atoms with Crippen LogP contribution in [0.4, 0.5) is 0 Å². The zero-order chi connectivity index (χ0) is 15.6. The highest BCUT2D eigenvalue weighted by Crippen LogP contribution is 2.30. The number of fused-ring (bicyclic) bond motifs is 1. The van der Waals surface area contributed by atoms with Crippen LogP contribution in [-0.4, -0.2) is 4.98 Å². The van der Waals surface area contributed by atoms with Crippen LogP contribution in [0.5, 0.6) is 0 Å². The standard InChI is InChI=1S/C19H13NO2S/c21-19-17-15(14-9-5-2-6-10-14)12-23-18(17)20-16(22-19)11-13-7-3-1-4-8-13/h1-10,12H,11H2. The molecule has 0 aliphatic rings. The van der Waals surface area contributed by atoms with Gasteiger partial charge in [-0.3, -0.25) is 0 Å². The summed E-state index contributed by atoms with van der Waals surface area (Å²) >= 11 is 1.48. The highest BCUT2D eigenvalue weighted by atomic mass is 32.1. The number of benzene rings is 2. The van der Waals surface area contributed by atoms with Crippen LogP contribution in [0, 0.1) is 0 Å². The van der Waals surface area contributed by atoms with Gasteiger partial charge in [-0.05, 0) is 11.1 Å². The lowest BCUT2D eigenvalue weighted by molar-refractivity contribution is 0.455. The van der Waals surface area contributed by atoms with Crippen molar-refractivity contribution in [2.45, 2.75) is 6.42 Å². The Kier molecular flexibility index (Phi) is 3.52. The van der Waals surface area contributed by atoms with Gasteiger partial charge in [0.05, 0.1) is 0 Å². The van der Waals surface area contributed by atoms with Gasteiger partial charge in [0.25, 0.3) is 0 Å². The summed E-state index contributed by atoms with van der Waals surface area (Å²) in [7, 11) is 0. The minimum Gasteiger partial charge on any atom is -0.407 e. The van der Waals surface area contributed by atoms with Crippen molar-refractivity contribution in [2.24, 2.45) is 0 Å². The molecule has 0 radical (unpaired) electrons. The fourth-order valence-corrected chi connectivity index (χ4v) is 3.55. The number of thiophene rings is 1. The molecule has 2 aromatic carbocycles. The largest absolute Gasteiger partial charge is 0.407 e. The molecular weight excluding hydrogens is 306 g/mol. The predicted molar refractivity (Wildman–Crippen MR) is 92.8 cm³/mol. The highest BCUT2D eigenvalue weighted by molar-refractivity contribution is 7.17. The Morgan fingerprint density at radius 3 is 2.39 bits per heavy atom. The van der Waals surface area contributed by atoms with E-state index >= 15 is 0 Å². The van der Waals surface area contributed by atoms with Gasteiger partial charge in [-0.15, -0.1) is 11.3 Å². The van der Waals surface area contributed by atoms with Gasteiger partial charge in [0.1, 0.15) is 10.2 Å². The summed E-state index contributed by atoms with van der Waals surface area (Å²) in [6.45, 7) is 0. The Morgan fingerprint density at radius 2 is 1.65 bits per heavy atom. The number of nitrogens with zero attached hydrogens (tertiary/aromatic N) is 1. The Hall–Kier alpha value is -2.72. The van der Waals surface area contributed by atoms with Crippen molar-refractivity contribution in [3.63, 3.8) is 0 Å². The zero-order valence-corrected chi connectivity index (χ0v) is 13.0. The fourth-order valence-electron chi connectivity index (χ4n) is 2.60. The molecule has 112 valence electrons. The molecule has 0 aliphatic heterocycles. The third kappa shape index (κ3) is 2.69. The van der Waals surface area contributed by atoms with Crippen LogP contribution in [0.15, 0.2) is 75.3 Å². The fraction of sp³-hybridized carbons (Fsp3) is 0.0526. The number of rotatable bonds is 3. The highest BCUT2D eigenvalue weighted by Gasteiger charge is 2.14. The van der Waals surface area contributed by atoms with Crippen LogP contribution in [0.25, 0.3) is 21.3 Å². The van der Waals surface area contributed by atoms with Crippen molar-refractivity contribution in [1.29, 1.82) is 0 Å². The summed E-state index contributed by atoms with van der Waals surface area (Å²) in [5.74, 6) is 0.454. The SMILES string of the molecule is O=c1oc(Cc2ccccc2)nc2scc(-c3ccccc3)c12. The van der Waals surface area contributed by atoms with Gasteiger partial charge in [-0.1, -0.05) is 60.7 Å². The first-order valence-corrected chi connectivity index (χ1v) is 8.20. The summed E-state index contributed by atoms with van der Waals surface area (Å²) in [5, 5.41) is 2.54. The second-order valence-electron chi connectivity index (χ2n) is 5.25. The first-order chi connectivity index (χ1) is 11.3. The Labute approximate surface area is 136 Å². The van der Waals surface area contributed by atoms with Crippen LogP contribution in [0.3, 0.4) is 0 Å². The molecule has 4 heteroatoms. The van der Waals surface area contributed by atoms with E-state index in [2.05, 4.69) is 4.98 Å². The van der Waals surface area contributed by atoms with Gasteiger partial charge in [-0.25, -0.2) is 9.78 Å². The quantitative estimate of drug-likeness (QED) is 0.558. The molecule has 0 atom stereocenters. The molecule has 0 spiro atoms. The van der Waals surface area contributed by atoms with Gasteiger partial charge in [0, 0.05) is 17.4 Å². The molecule has 2 aromatic heterocycles. The summed E-state index contributed by atoms with van der Waals surface area (Å²) in [5.41, 5.74) is 2.64. The van der Waals surface area contributed by atoms with Gasteiger partial charge in [-0.2, -0.15) is 0 Å². The van der Waals surface area contributed by atoms with Crippen LogP contribution < -0.4 is 5.63 Å². The van der Waals surface area contributed by atoms with Crippen LogP contribution in [0.1, 0.15) is 11.5 Å². The Balaban J connectivity index is 1.80. The lowest BCUT2D eigenvalue weighted by Gasteiger charge is -2.01. The summed E-state index contributed by atoms with van der Waals surface area (Å²) in [6, 6.07) is 19.7. The van der Waals surface area contributed by atoms with Crippen molar-refractivity contribution in [3.8, 4) is 11.1 Å². The van der Waals surface area contributed by atoms with Crippen molar-refractivity contribution < 1.29 is 4.42 Å². The molecule has 4 aromatic rings. The van der Waals surface area contributed by atoms with E-state index in [1.807, 2.05) is 66.0 Å². The molecule has 0 saturated heterocycles. The normalized spacial score (nSPS) is 11.0. The second kappa shape index (κ2) is 5.82. The van der Waals surface area contributed by atoms with Crippen LogP contribution >= 0.6 is 11.3 Å². The van der Waals surface area contributed by atoms with E-state index in [0.29, 0.717) is 17.7 Å². The van der Waals surface area contributed by atoms with Crippen LogP contribution in [-0.2, 0) is 6.42 Å². The second-order valence-corrected chi connectivity index (χ2v) is 6.11. The minimum absolute atomic E-state index is 0.318. The first-order valence-electron chi connectivity index (χ1n) is 7.32. The third-order valence-corrected chi connectivity index (χ3v) is 4.57. The van der Waals surface area contributed by atoms with E-state index in [-0.39, 0.29) is 5.63 Å². The van der Waals surface area contributed by atoms with Gasteiger partial charge in [0.2, 0.25) is 5.89 Å². The van der Waals surface area contributed by atoms with Crippen molar-refractivity contribution in [1.82, 2.24) is 4.98 Å². The molecule has 0 aliphatic carbocycles. The van der Waals surface area contributed by atoms with E-state index < -0.39 is 0 Å². The molecular formula is C19H13NO2S. The molecule has 0 unspecified atom stereocenters. The molecule has 0 saturated carbocycles. The van der Waals surface area contributed by atoms with Gasteiger partial charge in [0.15, 0.2) is 0 Å². The van der Waals surface area contributed by atoms with Crippen LogP contribution in [0.2, 0.25) is 0 Å². The lowest BCUT2D eigenvalue weighted by atomic mass is 10.1. The molecule has 0 amide bonds. The van der Waals surface area contributed by atoms with Crippen molar-refractivity contribution in [3.05, 3.63) is 87.9 Å². The molecule has 0 N–H and O–H groups in total. The topological polar surface area (TPSA) is 43.1 Å².